The van der Waals surface area contributed by atoms with Gasteiger partial charge in [-0.3, -0.25) is 18.5 Å². The second kappa shape index (κ2) is 12.9. The number of carbonyl (C=O) groups is 1. The predicted octanol–water partition coefficient (Wildman–Crippen LogP) is 5.40. The summed E-state index contributed by atoms with van der Waals surface area (Å²) in [6.07, 6.45) is 6.34. The van der Waals surface area contributed by atoms with Crippen LogP contribution in [0.15, 0.2) is 42.7 Å². The highest BCUT2D eigenvalue weighted by atomic mass is 31.2. The van der Waals surface area contributed by atoms with E-state index in [1.165, 1.54) is 4.68 Å². The average Bonchev–Trinajstić information content (AvgIpc) is 3.68. The van der Waals surface area contributed by atoms with E-state index in [1.807, 2.05) is 44.2 Å². The zero-order chi connectivity index (χ0) is 28.8. The molecule has 41 heavy (non-hydrogen) atoms. The van der Waals surface area contributed by atoms with Gasteiger partial charge in [0.1, 0.15) is 6.10 Å². The van der Waals surface area contributed by atoms with Gasteiger partial charge < -0.3 is 4.74 Å². The van der Waals surface area contributed by atoms with Crippen LogP contribution in [0.4, 0.5) is 10.5 Å². The fourth-order valence-corrected chi connectivity index (χ4v) is 6.04. The molecule has 2 aromatic heterocycles. The van der Waals surface area contributed by atoms with Crippen molar-refractivity contribution in [1.82, 2.24) is 20.0 Å². The Kier molecular flexibility index (Phi) is 9.10. The number of nitrogens with zero attached hydrogens (tertiary/aromatic N) is 6. The molecule has 13 heteroatoms. The first-order valence-electron chi connectivity index (χ1n) is 13.9. The average molecular weight is 581 g/mol. The molecule has 4 heterocycles. The Morgan fingerprint density at radius 2 is 1.85 bits per heavy atom. The highest BCUT2D eigenvalue weighted by molar-refractivity contribution is 7.48. The van der Waals surface area contributed by atoms with Crippen LogP contribution in [0.25, 0.3) is 16.9 Å². The summed E-state index contributed by atoms with van der Waals surface area (Å²) in [7, 11) is -3.78. The number of carbonyl (C=O) groups excluding carboxylic acids is 1. The molecule has 0 radical (unpaired) electrons. The van der Waals surface area contributed by atoms with Crippen molar-refractivity contribution < 1.29 is 27.7 Å². The summed E-state index contributed by atoms with van der Waals surface area (Å²) in [5, 5.41) is 16.8. The van der Waals surface area contributed by atoms with Crippen molar-refractivity contribution >= 4 is 19.6 Å². The van der Waals surface area contributed by atoms with Crippen LogP contribution >= 0.6 is 7.82 Å². The minimum atomic E-state index is -3.78. The lowest BCUT2D eigenvalue weighted by Gasteiger charge is -2.21. The molecule has 0 saturated carbocycles. The summed E-state index contributed by atoms with van der Waals surface area (Å²) >= 11 is 0. The predicted molar refractivity (Wildman–Crippen MR) is 149 cm³/mol. The quantitative estimate of drug-likeness (QED) is 0.180. The van der Waals surface area contributed by atoms with E-state index < -0.39 is 20.0 Å². The highest BCUT2D eigenvalue weighted by Gasteiger charge is 2.48. The number of aromatic nitrogens is 4. The molecule has 5 rings (SSSR count). The summed E-state index contributed by atoms with van der Waals surface area (Å²) in [6, 6.07) is 11.4. The second-order valence-electron chi connectivity index (χ2n) is 9.92. The van der Waals surface area contributed by atoms with Crippen molar-refractivity contribution in [2.24, 2.45) is 0 Å². The van der Waals surface area contributed by atoms with Crippen molar-refractivity contribution in [2.75, 3.05) is 24.7 Å². The number of anilines is 1. The van der Waals surface area contributed by atoms with Crippen molar-refractivity contribution in [3.05, 3.63) is 54.0 Å². The normalized spacial score (nSPS) is 17.8. The van der Waals surface area contributed by atoms with Gasteiger partial charge in [-0.1, -0.05) is 38.0 Å². The van der Waals surface area contributed by atoms with Crippen molar-refractivity contribution in [2.45, 2.75) is 64.5 Å². The van der Waals surface area contributed by atoms with E-state index in [1.54, 1.807) is 17.3 Å². The number of phosphoric acid groups is 1. The van der Waals surface area contributed by atoms with Crippen molar-refractivity contribution in [3.8, 4) is 23.0 Å². The lowest BCUT2D eigenvalue weighted by atomic mass is 10.0. The SMILES string of the molecule is CCCCOP(=O)(OCCCC)OC[C@@H]1OC(=O)N2c3ccc(-c4ccc(-n5cc(CC#N)nn5)nc4)cc3C[C@@H]12. The van der Waals surface area contributed by atoms with Gasteiger partial charge in [-0.2, -0.15) is 5.26 Å². The first-order valence-corrected chi connectivity index (χ1v) is 15.3. The van der Waals surface area contributed by atoms with E-state index in [-0.39, 0.29) is 32.3 Å². The van der Waals surface area contributed by atoms with E-state index in [0.717, 1.165) is 48.1 Å². The Bertz CT molecular complexity index is 1440. The molecule has 0 N–H and O–H groups in total. The zero-order valence-electron chi connectivity index (χ0n) is 23.1. The molecule has 1 aromatic carbocycles. The van der Waals surface area contributed by atoms with Crippen LogP contribution < -0.4 is 4.90 Å². The Labute approximate surface area is 238 Å². The lowest BCUT2D eigenvalue weighted by Crippen LogP contribution is -2.35. The third-order valence-corrected chi connectivity index (χ3v) is 8.45. The van der Waals surface area contributed by atoms with Gasteiger partial charge in [0.05, 0.1) is 55.9 Å². The second-order valence-corrected chi connectivity index (χ2v) is 11.6. The number of fused-ring (bicyclic) bond motifs is 3. The molecule has 1 fully saturated rings. The first-order chi connectivity index (χ1) is 19.9. The summed E-state index contributed by atoms with van der Waals surface area (Å²) in [5.41, 5.74) is 4.21. The molecule has 0 spiro atoms. The van der Waals surface area contributed by atoms with Crippen LogP contribution in [-0.2, 0) is 35.7 Å². The Morgan fingerprint density at radius 3 is 2.54 bits per heavy atom. The third-order valence-electron chi connectivity index (χ3n) is 6.99. The van der Waals surface area contributed by atoms with Crippen LogP contribution in [-0.4, -0.2) is 58.0 Å². The van der Waals surface area contributed by atoms with Crippen LogP contribution in [0.3, 0.4) is 0 Å². The maximum atomic E-state index is 13.2. The van der Waals surface area contributed by atoms with Gasteiger partial charge >= 0.3 is 13.9 Å². The molecule has 0 aliphatic carbocycles. The van der Waals surface area contributed by atoms with Gasteiger partial charge in [0, 0.05) is 11.8 Å². The minimum Gasteiger partial charge on any atom is -0.441 e. The number of hydrogen-bond donors (Lipinski definition) is 0. The summed E-state index contributed by atoms with van der Waals surface area (Å²) < 4.78 is 37.1. The number of pyridine rings is 1. The van der Waals surface area contributed by atoms with Gasteiger partial charge in [0.25, 0.3) is 0 Å². The van der Waals surface area contributed by atoms with Crippen LogP contribution in [0.1, 0.15) is 50.8 Å². The molecule has 2 atom stereocenters. The maximum absolute atomic E-state index is 13.2. The summed E-state index contributed by atoms with van der Waals surface area (Å²) in [5.74, 6) is 0.590. The molecule has 12 nitrogen and oxygen atoms in total. The number of rotatable bonds is 14. The number of nitriles is 1. The van der Waals surface area contributed by atoms with Gasteiger partial charge in [-0.15, -0.1) is 5.10 Å². The Hall–Kier alpha value is -3.62. The van der Waals surface area contributed by atoms with E-state index >= 15 is 0 Å². The number of benzene rings is 1. The fraction of sp³-hybridized carbons (Fsp3) is 0.464. The number of amides is 1. The number of unbranched alkanes of at least 4 members (excludes halogenated alkanes) is 2. The maximum Gasteiger partial charge on any atom is 0.474 e. The molecule has 0 unspecified atom stereocenters. The molecule has 2 aliphatic heterocycles. The molecule has 1 saturated heterocycles. The Balaban J connectivity index is 1.26. The van der Waals surface area contributed by atoms with Crippen LogP contribution in [0.5, 0.6) is 0 Å². The third kappa shape index (κ3) is 6.49. The van der Waals surface area contributed by atoms with E-state index in [9.17, 15) is 9.36 Å². The largest absolute Gasteiger partial charge is 0.474 e. The van der Waals surface area contributed by atoms with Crippen molar-refractivity contribution in [3.63, 3.8) is 0 Å². The number of phosphoric ester groups is 1. The molecular formula is C28H33N6O6P. The molecule has 1 amide bonds. The first kappa shape index (κ1) is 28.9. The molecule has 216 valence electrons. The highest BCUT2D eigenvalue weighted by Crippen LogP contribution is 2.51. The van der Waals surface area contributed by atoms with Gasteiger partial charge in [0.15, 0.2) is 5.82 Å². The molecule has 2 aliphatic rings. The van der Waals surface area contributed by atoms with Crippen molar-refractivity contribution in [1.29, 1.82) is 5.26 Å². The van der Waals surface area contributed by atoms with Crippen LogP contribution in [0, 0.1) is 11.3 Å². The molecule has 0 bridgehead atoms. The van der Waals surface area contributed by atoms with E-state index in [0.29, 0.717) is 17.9 Å². The topological polar surface area (TPSA) is 142 Å². The smallest absolute Gasteiger partial charge is 0.441 e. The van der Waals surface area contributed by atoms with Crippen LogP contribution in [0.2, 0.25) is 0 Å². The minimum absolute atomic E-state index is 0.0902. The zero-order valence-corrected chi connectivity index (χ0v) is 24.0. The van der Waals surface area contributed by atoms with Gasteiger partial charge in [0.2, 0.25) is 0 Å². The van der Waals surface area contributed by atoms with E-state index in [4.69, 9.17) is 23.6 Å². The van der Waals surface area contributed by atoms with E-state index in [2.05, 4.69) is 21.4 Å². The number of hydrogen-bond acceptors (Lipinski definition) is 10. The van der Waals surface area contributed by atoms with Gasteiger partial charge in [-0.05, 0) is 54.7 Å². The standard InChI is InChI=1S/C28H33N6O6P/c1-3-5-13-37-41(36,38-14-6-4-2)39-19-26-25-16-22-15-20(7-9-24(22)34(25)28(35)40-26)21-8-10-27(30-17-21)33-18-23(11-12-29)31-32-33/h7-10,15,17-18,25-26H,3-6,11,13-14,16,19H2,1-2H3/t25-,26-/m0/s1. The fourth-order valence-electron chi connectivity index (χ4n) is 4.78. The number of ether oxygens (including phenoxy) is 1. The molecular weight excluding hydrogens is 547 g/mol. The number of cyclic esters (lactones) is 1. The molecule has 3 aromatic rings. The monoisotopic (exact) mass is 580 g/mol. The van der Waals surface area contributed by atoms with Gasteiger partial charge in [-0.25, -0.2) is 19.0 Å². The Morgan fingerprint density at radius 1 is 1.10 bits per heavy atom. The summed E-state index contributed by atoms with van der Waals surface area (Å²) in [6.45, 7) is 4.48. The summed E-state index contributed by atoms with van der Waals surface area (Å²) in [4.78, 5) is 19.0. The lowest BCUT2D eigenvalue weighted by molar-refractivity contribution is 0.0551.